The number of benzene rings is 3. The van der Waals surface area contributed by atoms with Crippen LogP contribution in [0.25, 0.3) is 0 Å². The first kappa shape index (κ1) is 22.4. The highest BCUT2D eigenvalue weighted by atomic mass is 16.5. The van der Waals surface area contributed by atoms with Gasteiger partial charge in [-0.25, -0.2) is 0 Å². The highest BCUT2D eigenvalue weighted by molar-refractivity contribution is 5.92. The molecule has 1 atom stereocenters. The second-order valence-electron chi connectivity index (χ2n) is 7.97. The van der Waals surface area contributed by atoms with Gasteiger partial charge in [-0.1, -0.05) is 55.5 Å². The van der Waals surface area contributed by atoms with Crippen LogP contribution in [0, 0.1) is 0 Å². The third-order valence-electron chi connectivity index (χ3n) is 5.51. The molecule has 0 radical (unpaired) electrons. The Morgan fingerprint density at radius 2 is 1.79 bits per heavy atom. The van der Waals surface area contributed by atoms with Crippen LogP contribution in [0.2, 0.25) is 0 Å². The first-order chi connectivity index (χ1) is 16.1. The number of fused-ring (bicyclic) bond motifs is 1. The number of nitrogens with one attached hydrogen (secondary N) is 1. The van der Waals surface area contributed by atoms with Gasteiger partial charge in [0.1, 0.15) is 18.1 Å². The monoisotopic (exact) mass is 444 g/mol. The van der Waals surface area contributed by atoms with Crippen LogP contribution in [0.15, 0.2) is 78.9 Å². The van der Waals surface area contributed by atoms with Crippen molar-refractivity contribution in [3.05, 3.63) is 90.0 Å². The molecule has 1 N–H and O–H groups in total. The second-order valence-corrected chi connectivity index (χ2v) is 7.97. The van der Waals surface area contributed by atoms with Gasteiger partial charge in [0.2, 0.25) is 5.91 Å². The fourth-order valence-corrected chi connectivity index (χ4v) is 3.81. The van der Waals surface area contributed by atoms with Gasteiger partial charge in [0.05, 0.1) is 13.0 Å². The second kappa shape index (κ2) is 10.7. The van der Waals surface area contributed by atoms with Crippen LogP contribution in [-0.2, 0) is 22.6 Å². The zero-order valence-electron chi connectivity index (χ0n) is 18.7. The lowest BCUT2D eigenvalue weighted by Gasteiger charge is -2.23. The van der Waals surface area contributed by atoms with E-state index in [1.807, 2.05) is 85.8 Å². The van der Waals surface area contributed by atoms with E-state index in [9.17, 15) is 9.59 Å². The van der Waals surface area contributed by atoms with Crippen molar-refractivity contribution in [3.8, 4) is 11.5 Å². The van der Waals surface area contributed by atoms with Crippen molar-refractivity contribution in [1.29, 1.82) is 0 Å². The smallest absolute Gasteiger partial charge is 0.264 e. The summed E-state index contributed by atoms with van der Waals surface area (Å²) in [5.74, 6) is 1.29. The molecule has 0 spiro atoms. The number of hydrogen-bond acceptors (Lipinski definition) is 4. The maximum Gasteiger partial charge on any atom is 0.264 e. The molecule has 33 heavy (non-hydrogen) atoms. The molecule has 0 bridgehead atoms. The van der Waals surface area contributed by atoms with Gasteiger partial charge in [-0.15, -0.1) is 0 Å². The average Bonchev–Trinajstić information content (AvgIpc) is 2.96. The van der Waals surface area contributed by atoms with Crippen molar-refractivity contribution in [3.63, 3.8) is 0 Å². The minimum Gasteiger partial charge on any atom is -0.492 e. The molecular formula is C27H28N2O4. The lowest BCUT2D eigenvalue weighted by atomic mass is 10.1. The van der Waals surface area contributed by atoms with E-state index in [1.165, 1.54) is 0 Å². The molecule has 1 aliphatic rings. The molecule has 4 rings (SSSR count). The molecule has 0 fully saturated rings. The molecule has 3 aromatic rings. The number of anilines is 1. The molecule has 6 heteroatoms. The molecule has 2 amide bonds. The van der Waals surface area contributed by atoms with Crippen LogP contribution in [0.5, 0.6) is 11.5 Å². The van der Waals surface area contributed by atoms with E-state index in [1.54, 1.807) is 4.90 Å². The normalized spacial score (nSPS) is 15.2. The molecule has 0 aromatic heterocycles. The van der Waals surface area contributed by atoms with Gasteiger partial charge in [0.15, 0.2) is 6.10 Å². The summed E-state index contributed by atoms with van der Waals surface area (Å²) >= 11 is 0. The molecule has 0 unspecified atom stereocenters. The van der Waals surface area contributed by atoms with Crippen molar-refractivity contribution in [2.75, 3.05) is 18.5 Å². The minimum absolute atomic E-state index is 0.0555. The summed E-state index contributed by atoms with van der Waals surface area (Å²) in [6, 6.07) is 24.7. The predicted molar refractivity (Wildman–Crippen MR) is 127 cm³/mol. The Labute approximate surface area is 194 Å². The van der Waals surface area contributed by atoms with Crippen LogP contribution < -0.4 is 14.8 Å². The summed E-state index contributed by atoms with van der Waals surface area (Å²) in [6.07, 6.45) is 0.332. The van der Waals surface area contributed by atoms with Crippen molar-refractivity contribution >= 4 is 17.5 Å². The maximum absolute atomic E-state index is 13.0. The summed E-state index contributed by atoms with van der Waals surface area (Å²) in [6.45, 7) is 3.15. The van der Waals surface area contributed by atoms with Crippen LogP contribution in [-0.4, -0.2) is 36.0 Å². The molecule has 0 aliphatic carbocycles. The van der Waals surface area contributed by atoms with Crippen molar-refractivity contribution in [2.45, 2.75) is 32.4 Å². The molecule has 0 saturated heterocycles. The van der Waals surface area contributed by atoms with Gasteiger partial charge in [0, 0.05) is 17.8 Å². The standard InChI is InChI=1S/C27H28N2O4/c1-2-24-27(31)29(15-16-32-23-11-7-4-8-12-23)19-21-18-22(13-14-25(21)33-24)28-26(30)17-20-9-5-3-6-10-20/h3-14,18,24H,2,15-17,19H2,1H3,(H,28,30)/t24-/m1/s1. The van der Waals surface area contributed by atoms with Gasteiger partial charge in [-0.2, -0.15) is 0 Å². The van der Waals surface area contributed by atoms with E-state index in [4.69, 9.17) is 9.47 Å². The molecule has 6 nitrogen and oxygen atoms in total. The van der Waals surface area contributed by atoms with Crippen LogP contribution in [0.3, 0.4) is 0 Å². The number of carbonyl (C=O) groups is 2. The maximum atomic E-state index is 13.0. The fraction of sp³-hybridized carbons (Fsp3) is 0.259. The number of nitrogens with zero attached hydrogens (tertiary/aromatic N) is 1. The molecule has 0 saturated carbocycles. The fourth-order valence-electron chi connectivity index (χ4n) is 3.81. The third kappa shape index (κ3) is 5.92. The SMILES string of the molecule is CC[C@H]1Oc2ccc(NC(=O)Cc3ccccc3)cc2CN(CCOc2ccccc2)C1=O. The van der Waals surface area contributed by atoms with Gasteiger partial charge >= 0.3 is 0 Å². The van der Waals surface area contributed by atoms with Crippen LogP contribution >= 0.6 is 0 Å². The Bertz CT molecular complexity index is 1090. The van der Waals surface area contributed by atoms with Crippen LogP contribution in [0.4, 0.5) is 5.69 Å². The molecule has 170 valence electrons. The Kier molecular flexibility index (Phi) is 7.25. The number of rotatable bonds is 8. The summed E-state index contributed by atoms with van der Waals surface area (Å²) in [5, 5.41) is 2.95. The quantitative estimate of drug-likeness (QED) is 0.558. The van der Waals surface area contributed by atoms with Gasteiger partial charge in [-0.05, 0) is 42.3 Å². The highest BCUT2D eigenvalue weighted by Crippen LogP contribution is 2.29. The largest absolute Gasteiger partial charge is 0.492 e. The number of hydrogen-bond donors (Lipinski definition) is 1. The minimum atomic E-state index is -0.540. The van der Waals surface area contributed by atoms with Crippen molar-refractivity contribution in [2.24, 2.45) is 0 Å². The Balaban J connectivity index is 1.45. The zero-order valence-corrected chi connectivity index (χ0v) is 18.7. The van der Waals surface area contributed by atoms with Crippen molar-refractivity contribution < 1.29 is 19.1 Å². The summed E-state index contributed by atoms with van der Waals surface area (Å²) in [7, 11) is 0. The lowest BCUT2D eigenvalue weighted by molar-refractivity contribution is -0.138. The Morgan fingerprint density at radius 1 is 1.06 bits per heavy atom. The summed E-state index contributed by atoms with van der Waals surface area (Å²) in [4.78, 5) is 27.3. The lowest BCUT2D eigenvalue weighted by Crippen LogP contribution is -2.41. The van der Waals surface area contributed by atoms with E-state index in [2.05, 4.69) is 5.32 Å². The average molecular weight is 445 g/mol. The van der Waals surface area contributed by atoms with E-state index in [0.717, 1.165) is 16.9 Å². The van der Waals surface area contributed by atoms with Crippen molar-refractivity contribution in [1.82, 2.24) is 4.90 Å². The number of para-hydroxylation sites is 1. The van der Waals surface area contributed by atoms with E-state index >= 15 is 0 Å². The summed E-state index contributed by atoms with van der Waals surface area (Å²) < 4.78 is 11.8. The Hall–Kier alpha value is -3.80. The number of ether oxygens (including phenoxy) is 2. The molecular weight excluding hydrogens is 416 g/mol. The first-order valence-electron chi connectivity index (χ1n) is 11.2. The van der Waals surface area contributed by atoms with E-state index < -0.39 is 6.10 Å². The topological polar surface area (TPSA) is 67.9 Å². The van der Waals surface area contributed by atoms with E-state index in [-0.39, 0.29) is 11.8 Å². The number of carbonyl (C=O) groups excluding carboxylic acids is 2. The van der Waals surface area contributed by atoms with Crippen LogP contribution in [0.1, 0.15) is 24.5 Å². The molecule has 3 aromatic carbocycles. The molecule has 1 aliphatic heterocycles. The predicted octanol–water partition coefficient (Wildman–Crippen LogP) is 4.45. The Morgan fingerprint density at radius 3 is 2.52 bits per heavy atom. The summed E-state index contributed by atoms with van der Waals surface area (Å²) in [5.41, 5.74) is 2.49. The van der Waals surface area contributed by atoms with E-state index in [0.29, 0.717) is 44.0 Å². The third-order valence-corrected chi connectivity index (χ3v) is 5.51. The number of amides is 2. The zero-order chi connectivity index (χ0) is 23.0. The van der Waals surface area contributed by atoms with Gasteiger partial charge in [0.25, 0.3) is 5.91 Å². The van der Waals surface area contributed by atoms with Gasteiger partial charge < -0.3 is 19.7 Å². The molecule has 1 heterocycles. The highest BCUT2D eigenvalue weighted by Gasteiger charge is 2.30. The van der Waals surface area contributed by atoms with Gasteiger partial charge in [-0.3, -0.25) is 9.59 Å². The first-order valence-corrected chi connectivity index (χ1v) is 11.2.